The average molecular weight is 478 g/mol. The van der Waals surface area contributed by atoms with Crippen LogP contribution in [-0.2, 0) is 17.8 Å². The number of aliphatic imine (C=N–C) groups is 1. The smallest absolute Gasteiger partial charge is 0.147 e. The first kappa shape index (κ1) is 23.5. The van der Waals surface area contributed by atoms with E-state index in [-0.39, 0.29) is 0 Å². The number of nitrogens with one attached hydrogen (secondary N) is 2. The lowest BCUT2D eigenvalue weighted by atomic mass is 10.1. The molecule has 0 aliphatic carbocycles. The van der Waals surface area contributed by atoms with Crippen LogP contribution in [0.15, 0.2) is 114 Å². The van der Waals surface area contributed by atoms with Crippen molar-refractivity contribution >= 4 is 11.8 Å². The molecule has 2 N–H and O–H groups in total. The quantitative estimate of drug-likeness (QED) is 0.214. The van der Waals surface area contributed by atoms with Crippen LogP contribution in [0.4, 0.5) is 0 Å². The van der Waals surface area contributed by atoms with Gasteiger partial charge in [-0.2, -0.15) is 0 Å². The van der Waals surface area contributed by atoms with E-state index in [1.165, 1.54) is 5.69 Å². The molecule has 36 heavy (non-hydrogen) atoms. The van der Waals surface area contributed by atoms with Gasteiger partial charge in [-0.25, -0.2) is 4.99 Å². The van der Waals surface area contributed by atoms with Crippen LogP contribution in [0.2, 0.25) is 0 Å². The van der Waals surface area contributed by atoms with E-state index < -0.39 is 0 Å². The molecule has 0 unspecified atom stereocenters. The van der Waals surface area contributed by atoms with Crippen molar-refractivity contribution in [1.82, 2.24) is 9.97 Å². The normalized spacial score (nSPS) is 14.1. The number of aromatic nitrogens is 2. The predicted octanol–water partition coefficient (Wildman–Crippen LogP) is 7.08. The summed E-state index contributed by atoms with van der Waals surface area (Å²) in [7, 11) is 0. The van der Waals surface area contributed by atoms with Crippen LogP contribution in [0.1, 0.15) is 41.9 Å². The minimum atomic E-state index is 0.501. The first-order valence-electron chi connectivity index (χ1n) is 12.5. The third-order valence-electron chi connectivity index (χ3n) is 6.04. The molecule has 1 aliphatic rings. The van der Waals surface area contributed by atoms with Crippen molar-refractivity contribution in [3.63, 3.8) is 0 Å². The summed E-state index contributed by atoms with van der Waals surface area (Å²) >= 11 is 0. The topological polar surface area (TPSA) is 62.4 Å². The van der Waals surface area contributed by atoms with Crippen molar-refractivity contribution in [2.45, 2.75) is 32.3 Å². The molecular weight excluding hydrogens is 446 g/mol. The van der Waals surface area contributed by atoms with E-state index in [1.807, 2.05) is 72.9 Å². The Bertz CT molecular complexity index is 1320. The third-order valence-corrected chi connectivity index (χ3v) is 6.04. The van der Waals surface area contributed by atoms with Gasteiger partial charge in [-0.05, 0) is 73.7 Å². The van der Waals surface area contributed by atoms with Gasteiger partial charge in [0.15, 0.2) is 0 Å². The number of aromatic amines is 2. The Kier molecular flexibility index (Phi) is 7.79. The van der Waals surface area contributed by atoms with E-state index in [0.717, 1.165) is 72.2 Å². The second-order valence-corrected chi connectivity index (χ2v) is 8.80. The highest BCUT2D eigenvalue weighted by molar-refractivity contribution is 6.11. The molecule has 182 valence electrons. The Morgan fingerprint density at radius 3 is 2.42 bits per heavy atom. The Morgan fingerprint density at radius 1 is 0.778 bits per heavy atom. The summed E-state index contributed by atoms with van der Waals surface area (Å²) in [6.45, 7) is 1.26. The fourth-order valence-corrected chi connectivity index (χ4v) is 4.13. The predicted molar refractivity (Wildman–Crippen MR) is 145 cm³/mol. The maximum Gasteiger partial charge on any atom is 0.147 e. The van der Waals surface area contributed by atoms with E-state index >= 15 is 0 Å². The van der Waals surface area contributed by atoms with Crippen LogP contribution < -0.4 is 4.74 Å². The lowest BCUT2D eigenvalue weighted by Crippen LogP contribution is -1.97. The average Bonchev–Trinajstić information content (AvgIpc) is 3.68. The molecule has 0 amide bonds. The first-order valence-corrected chi connectivity index (χ1v) is 12.5. The number of benzene rings is 2. The van der Waals surface area contributed by atoms with E-state index in [9.17, 15) is 0 Å². The van der Waals surface area contributed by atoms with Gasteiger partial charge < -0.3 is 19.4 Å². The molecule has 4 aromatic rings. The van der Waals surface area contributed by atoms with Crippen LogP contribution in [0, 0.1) is 0 Å². The first-order chi connectivity index (χ1) is 17.8. The molecule has 3 heterocycles. The summed E-state index contributed by atoms with van der Waals surface area (Å²) in [6.07, 6.45) is 10.3. The summed E-state index contributed by atoms with van der Waals surface area (Å²) in [6, 6.07) is 28.4. The Morgan fingerprint density at radius 2 is 1.61 bits per heavy atom. The number of aryl methyl sites for hydroxylation is 1. The minimum absolute atomic E-state index is 0.501. The maximum absolute atomic E-state index is 6.18. The molecule has 1 aliphatic heterocycles. The van der Waals surface area contributed by atoms with Crippen molar-refractivity contribution in [1.29, 1.82) is 0 Å². The number of unbranched alkanes of at least 4 members (excludes halogenated alkanes) is 2. The number of rotatable bonds is 12. The molecule has 5 rings (SSSR count). The van der Waals surface area contributed by atoms with Crippen LogP contribution in [-0.4, -0.2) is 22.3 Å². The third kappa shape index (κ3) is 6.45. The molecule has 2 aromatic heterocycles. The van der Waals surface area contributed by atoms with Crippen LogP contribution >= 0.6 is 0 Å². The molecule has 0 fully saturated rings. The van der Waals surface area contributed by atoms with Crippen LogP contribution in [0.5, 0.6) is 5.75 Å². The summed E-state index contributed by atoms with van der Waals surface area (Å²) in [4.78, 5) is 11.6. The SMILES string of the molecule is C(=C1N=C(c2ccc[nH]2)C=C1OCc1ccccc1)c1ccc(CCCCCOc2ccccc2)[nH]1. The zero-order valence-electron chi connectivity index (χ0n) is 20.3. The minimum Gasteiger partial charge on any atom is -0.494 e. The van der Waals surface area contributed by atoms with Crippen molar-refractivity contribution < 1.29 is 9.47 Å². The number of nitrogens with zero attached hydrogens (tertiary/aromatic N) is 1. The largest absolute Gasteiger partial charge is 0.494 e. The van der Waals surface area contributed by atoms with Crippen molar-refractivity contribution in [3.8, 4) is 5.75 Å². The number of ether oxygens (including phenoxy) is 2. The van der Waals surface area contributed by atoms with Gasteiger partial charge >= 0.3 is 0 Å². The Hall–Kier alpha value is -4.25. The van der Waals surface area contributed by atoms with Gasteiger partial charge in [-0.1, -0.05) is 48.5 Å². The lowest BCUT2D eigenvalue weighted by molar-refractivity contribution is 0.208. The molecule has 0 spiro atoms. The second kappa shape index (κ2) is 11.9. The van der Waals surface area contributed by atoms with Gasteiger partial charge in [-0.15, -0.1) is 0 Å². The number of hydrogen-bond acceptors (Lipinski definition) is 3. The standard InChI is InChI=1S/C31H31N3O2/c1-4-11-24(12-5-1)23-36-31-22-29(28-16-10-19-32-28)34-30(31)21-26-18-17-25(33-26)13-6-3-9-20-35-27-14-7-2-8-15-27/h1-2,4-5,7-8,10-12,14-19,21-22,32-33H,3,6,9,13,20,23H2. The number of hydrogen-bond donors (Lipinski definition) is 2. The molecule has 5 nitrogen and oxygen atoms in total. The van der Waals surface area contributed by atoms with Crippen molar-refractivity contribution in [2.75, 3.05) is 6.61 Å². The fraction of sp³-hybridized carbons (Fsp3) is 0.194. The zero-order valence-corrected chi connectivity index (χ0v) is 20.3. The monoisotopic (exact) mass is 477 g/mol. The summed E-state index contributed by atoms with van der Waals surface area (Å²) in [5.41, 5.74) is 6.05. The van der Waals surface area contributed by atoms with Crippen molar-refractivity contribution in [3.05, 3.63) is 131 Å². The Labute approximate surface area is 212 Å². The van der Waals surface area contributed by atoms with Gasteiger partial charge in [0.25, 0.3) is 0 Å². The summed E-state index contributed by atoms with van der Waals surface area (Å²) in [5, 5.41) is 0. The van der Waals surface area contributed by atoms with Gasteiger partial charge in [0, 0.05) is 23.7 Å². The number of H-pyrrole nitrogens is 2. The Balaban J connectivity index is 1.17. The van der Waals surface area contributed by atoms with Gasteiger partial charge in [0.1, 0.15) is 23.8 Å². The summed E-state index contributed by atoms with van der Waals surface area (Å²) < 4.78 is 12.0. The van der Waals surface area contributed by atoms with Crippen molar-refractivity contribution in [2.24, 2.45) is 4.99 Å². The van der Waals surface area contributed by atoms with Crippen LogP contribution in [0.25, 0.3) is 6.08 Å². The summed E-state index contributed by atoms with van der Waals surface area (Å²) in [5.74, 6) is 1.72. The highest BCUT2D eigenvalue weighted by atomic mass is 16.5. The number of para-hydroxylation sites is 1. The molecule has 5 heteroatoms. The molecule has 0 atom stereocenters. The molecule has 2 aromatic carbocycles. The van der Waals surface area contributed by atoms with E-state index in [4.69, 9.17) is 14.5 Å². The van der Waals surface area contributed by atoms with E-state index in [0.29, 0.717) is 6.61 Å². The molecule has 0 saturated carbocycles. The second-order valence-electron chi connectivity index (χ2n) is 8.80. The van der Waals surface area contributed by atoms with Gasteiger partial charge in [0.05, 0.1) is 18.0 Å². The van der Waals surface area contributed by atoms with E-state index in [1.54, 1.807) is 0 Å². The van der Waals surface area contributed by atoms with Gasteiger partial charge in [0.2, 0.25) is 0 Å². The molecule has 0 radical (unpaired) electrons. The fourth-order valence-electron chi connectivity index (χ4n) is 4.13. The zero-order chi connectivity index (χ0) is 24.4. The van der Waals surface area contributed by atoms with Gasteiger partial charge in [-0.3, -0.25) is 0 Å². The molecule has 0 saturated heterocycles. The highest BCUT2D eigenvalue weighted by Gasteiger charge is 2.18. The molecular formula is C31H31N3O2. The van der Waals surface area contributed by atoms with E-state index in [2.05, 4.69) is 40.3 Å². The maximum atomic E-state index is 6.18. The lowest BCUT2D eigenvalue weighted by Gasteiger charge is -2.08. The van der Waals surface area contributed by atoms with Crippen LogP contribution in [0.3, 0.4) is 0 Å². The molecule has 0 bridgehead atoms. The highest BCUT2D eigenvalue weighted by Crippen LogP contribution is 2.26. The number of allylic oxidation sites excluding steroid dienone is 1.